The molecule has 0 aliphatic heterocycles. The maximum Gasteiger partial charge on any atom is 0.253 e. The molecular formula is C15H18BrCl2NO. The molecule has 0 bridgehead atoms. The summed E-state index contributed by atoms with van der Waals surface area (Å²) < 4.78 is 0. The molecule has 2 atom stereocenters. The first kappa shape index (κ1) is 16.1. The van der Waals surface area contributed by atoms with E-state index in [2.05, 4.69) is 28.2 Å². The summed E-state index contributed by atoms with van der Waals surface area (Å²) in [6.07, 6.45) is 4.34. The highest BCUT2D eigenvalue weighted by molar-refractivity contribution is 9.09. The zero-order valence-corrected chi connectivity index (χ0v) is 14.5. The summed E-state index contributed by atoms with van der Waals surface area (Å²) in [5.74, 6) is 0.475. The van der Waals surface area contributed by atoms with Crippen LogP contribution >= 0.6 is 39.1 Å². The molecule has 110 valence electrons. The quantitative estimate of drug-likeness (QED) is 0.731. The predicted octanol–water partition coefficient (Wildman–Crippen LogP) is 5.07. The third-order valence-electron chi connectivity index (χ3n) is 3.90. The molecule has 0 saturated heterocycles. The van der Waals surface area contributed by atoms with Crippen molar-refractivity contribution in [2.24, 2.45) is 5.92 Å². The van der Waals surface area contributed by atoms with Crippen LogP contribution in [-0.4, -0.2) is 16.8 Å². The zero-order valence-electron chi connectivity index (χ0n) is 11.4. The van der Waals surface area contributed by atoms with Gasteiger partial charge in [-0.25, -0.2) is 0 Å². The second kappa shape index (κ2) is 6.67. The molecule has 1 aromatic rings. The zero-order chi connectivity index (χ0) is 14.8. The van der Waals surface area contributed by atoms with Gasteiger partial charge in [-0.05, 0) is 37.0 Å². The maximum absolute atomic E-state index is 12.5. The second-order valence-electron chi connectivity index (χ2n) is 5.69. The Hall–Kier alpha value is -0.250. The summed E-state index contributed by atoms with van der Waals surface area (Å²) in [6.45, 7) is 2.23. The fraction of sp³-hybridized carbons (Fsp3) is 0.533. The third kappa shape index (κ3) is 3.69. The normalized spacial score (nSPS) is 26.3. The van der Waals surface area contributed by atoms with E-state index in [1.54, 1.807) is 18.2 Å². The number of benzene rings is 1. The van der Waals surface area contributed by atoms with Gasteiger partial charge in [0.05, 0.1) is 16.1 Å². The number of carbonyl (C=O) groups is 1. The van der Waals surface area contributed by atoms with Gasteiger partial charge >= 0.3 is 0 Å². The molecule has 0 aromatic heterocycles. The summed E-state index contributed by atoms with van der Waals surface area (Å²) in [7, 11) is 0. The van der Waals surface area contributed by atoms with E-state index >= 15 is 0 Å². The van der Waals surface area contributed by atoms with Gasteiger partial charge in [0.25, 0.3) is 5.91 Å². The maximum atomic E-state index is 12.5. The smallest absolute Gasteiger partial charge is 0.253 e. The van der Waals surface area contributed by atoms with E-state index in [1.165, 1.54) is 6.42 Å². The minimum Gasteiger partial charge on any atom is -0.346 e. The number of amides is 1. The standard InChI is InChI=1S/C15H18BrCl2NO/c1-10-3-2-6-15(8-10,9-16)19-14(20)12-7-11(17)4-5-13(12)18/h4-5,7,10H,2-3,6,8-9H2,1H3,(H,19,20). The van der Waals surface area contributed by atoms with Crippen molar-refractivity contribution in [3.63, 3.8) is 0 Å². The van der Waals surface area contributed by atoms with Crippen molar-refractivity contribution in [3.8, 4) is 0 Å². The second-order valence-corrected chi connectivity index (χ2v) is 7.10. The van der Waals surface area contributed by atoms with E-state index < -0.39 is 0 Å². The molecule has 0 spiro atoms. The number of hydrogen-bond donors (Lipinski definition) is 1. The lowest BCUT2D eigenvalue weighted by atomic mass is 9.77. The number of rotatable bonds is 3. The largest absolute Gasteiger partial charge is 0.346 e. The van der Waals surface area contributed by atoms with Gasteiger partial charge in [-0.3, -0.25) is 4.79 Å². The molecule has 1 N–H and O–H groups in total. The van der Waals surface area contributed by atoms with E-state index in [1.807, 2.05) is 0 Å². The van der Waals surface area contributed by atoms with Crippen LogP contribution in [0.3, 0.4) is 0 Å². The topological polar surface area (TPSA) is 29.1 Å². The Balaban J connectivity index is 2.19. The lowest BCUT2D eigenvalue weighted by Gasteiger charge is -2.39. The van der Waals surface area contributed by atoms with Gasteiger partial charge in [0, 0.05) is 10.4 Å². The van der Waals surface area contributed by atoms with E-state index in [0.717, 1.165) is 24.6 Å². The van der Waals surface area contributed by atoms with Crippen molar-refractivity contribution >= 4 is 45.0 Å². The van der Waals surface area contributed by atoms with Crippen molar-refractivity contribution in [3.05, 3.63) is 33.8 Å². The van der Waals surface area contributed by atoms with Crippen LogP contribution in [0.1, 0.15) is 43.0 Å². The first-order valence-corrected chi connectivity index (χ1v) is 8.67. The van der Waals surface area contributed by atoms with Gasteiger partial charge in [-0.2, -0.15) is 0 Å². The molecule has 1 saturated carbocycles. The number of carbonyl (C=O) groups excluding carboxylic acids is 1. The highest BCUT2D eigenvalue weighted by Crippen LogP contribution is 2.34. The molecule has 1 amide bonds. The molecule has 1 aliphatic carbocycles. The molecule has 2 nitrogen and oxygen atoms in total. The molecule has 1 aliphatic rings. The Morgan fingerprint density at radius 2 is 2.25 bits per heavy atom. The Labute approximate surface area is 138 Å². The molecule has 0 heterocycles. The molecular weight excluding hydrogens is 361 g/mol. The first-order chi connectivity index (χ1) is 9.46. The number of halogens is 3. The molecule has 5 heteroatoms. The van der Waals surface area contributed by atoms with Gasteiger partial charge in [0.15, 0.2) is 0 Å². The van der Waals surface area contributed by atoms with Crippen LogP contribution < -0.4 is 5.32 Å². The van der Waals surface area contributed by atoms with Crippen LogP contribution in [-0.2, 0) is 0 Å². The van der Waals surface area contributed by atoms with Crippen molar-refractivity contribution in [2.45, 2.75) is 38.1 Å². The van der Waals surface area contributed by atoms with Gasteiger partial charge in [0.1, 0.15) is 0 Å². The van der Waals surface area contributed by atoms with E-state index in [0.29, 0.717) is 21.5 Å². The SMILES string of the molecule is CC1CCCC(CBr)(NC(=O)c2cc(Cl)ccc2Cl)C1. The fourth-order valence-electron chi connectivity index (χ4n) is 2.91. The molecule has 0 radical (unpaired) electrons. The molecule has 20 heavy (non-hydrogen) atoms. The van der Waals surface area contributed by atoms with E-state index in [9.17, 15) is 4.79 Å². The monoisotopic (exact) mass is 377 g/mol. The minimum atomic E-state index is -0.180. The lowest BCUT2D eigenvalue weighted by molar-refractivity contribution is 0.0869. The Morgan fingerprint density at radius 3 is 2.90 bits per heavy atom. The third-order valence-corrected chi connectivity index (χ3v) is 5.54. The van der Waals surface area contributed by atoms with Gasteiger partial charge < -0.3 is 5.32 Å². The summed E-state index contributed by atoms with van der Waals surface area (Å²) in [5, 5.41) is 4.88. The molecule has 1 aromatic carbocycles. The first-order valence-electron chi connectivity index (χ1n) is 6.79. The highest BCUT2D eigenvalue weighted by Gasteiger charge is 2.35. The molecule has 1 fully saturated rings. The van der Waals surface area contributed by atoms with Crippen molar-refractivity contribution < 1.29 is 4.79 Å². The molecule has 2 rings (SSSR count). The van der Waals surface area contributed by atoms with Gasteiger partial charge in [-0.15, -0.1) is 0 Å². The van der Waals surface area contributed by atoms with Crippen LogP contribution in [0.5, 0.6) is 0 Å². The van der Waals surface area contributed by atoms with Crippen LogP contribution in [0.2, 0.25) is 10.0 Å². The van der Waals surface area contributed by atoms with E-state index in [-0.39, 0.29) is 11.4 Å². The van der Waals surface area contributed by atoms with Gasteiger partial charge in [0.2, 0.25) is 0 Å². The predicted molar refractivity (Wildman–Crippen MR) is 88.1 cm³/mol. The van der Waals surface area contributed by atoms with Crippen LogP contribution in [0, 0.1) is 5.92 Å². The van der Waals surface area contributed by atoms with E-state index in [4.69, 9.17) is 23.2 Å². The summed E-state index contributed by atoms with van der Waals surface area (Å²) >= 11 is 15.6. The average molecular weight is 379 g/mol. The summed E-state index contributed by atoms with van der Waals surface area (Å²) in [5.41, 5.74) is 0.262. The van der Waals surface area contributed by atoms with Gasteiger partial charge in [-0.1, -0.05) is 58.9 Å². The fourth-order valence-corrected chi connectivity index (χ4v) is 3.93. The molecule has 2 unspecified atom stereocenters. The van der Waals surface area contributed by atoms with Crippen molar-refractivity contribution in [1.29, 1.82) is 0 Å². The average Bonchev–Trinajstić information content (AvgIpc) is 2.41. The summed E-state index contributed by atoms with van der Waals surface area (Å²) in [6, 6.07) is 4.96. The van der Waals surface area contributed by atoms with Crippen LogP contribution in [0.25, 0.3) is 0 Å². The van der Waals surface area contributed by atoms with Crippen molar-refractivity contribution in [2.75, 3.05) is 5.33 Å². The number of nitrogens with one attached hydrogen (secondary N) is 1. The Morgan fingerprint density at radius 1 is 1.50 bits per heavy atom. The lowest BCUT2D eigenvalue weighted by Crippen LogP contribution is -2.52. The number of alkyl halides is 1. The van der Waals surface area contributed by atoms with Crippen LogP contribution in [0.4, 0.5) is 0 Å². The Bertz CT molecular complexity index is 509. The van der Waals surface area contributed by atoms with Crippen molar-refractivity contribution in [1.82, 2.24) is 5.32 Å². The minimum absolute atomic E-state index is 0.147. The Kier molecular flexibility index (Phi) is 5.38. The van der Waals surface area contributed by atoms with Crippen LogP contribution in [0.15, 0.2) is 18.2 Å². The number of hydrogen-bond acceptors (Lipinski definition) is 1. The summed E-state index contributed by atoms with van der Waals surface area (Å²) in [4.78, 5) is 12.5. The highest BCUT2D eigenvalue weighted by atomic mass is 79.9.